The number of methoxy groups -OCH3 is 1. The van der Waals surface area contributed by atoms with Gasteiger partial charge in [-0.15, -0.1) is 11.8 Å². The fraction of sp³-hybridized carbons (Fsp3) is 0.462. The molecule has 6 nitrogen and oxygen atoms in total. The second-order valence-corrected chi connectivity index (χ2v) is 6.90. The number of thioether (sulfide) groups is 1. The zero-order valence-electron chi connectivity index (χ0n) is 12.3. The van der Waals surface area contributed by atoms with Crippen molar-refractivity contribution in [1.29, 1.82) is 0 Å². The van der Waals surface area contributed by atoms with E-state index in [9.17, 15) is 13.2 Å². The van der Waals surface area contributed by atoms with Crippen molar-refractivity contribution < 1.29 is 17.9 Å². The zero-order valence-corrected chi connectivity index (χ0v) is 13.9. The Morgan fingerprint density at radius 1 is 1.38 bits per heavy atom. The van der Waals surface area contributed by atoms with Gasteiger partial charge in [0.2, 0.25) is 15.9 Å². The van der Waals surface area contributed by atoms with E-state index in [4.69, 9.17) is 4.74 Å². The van der Waals surface area contributed by atoms with Gasteiger partial charge in [0.05, 0.1) is 10.6 Å². The van der Waals surface area contributed by atoms with Gasteiger partial charge in [-0.3, -0.25) is 4.79 Å². The molecule has 118 valence electrons. The van der Waals surface area contributed by atoms with Crippen LogP contribution >= 0.6 is 11.8 Å². The maximum Gasteiger partial charge on any atom is 0.240 e. The second-order valence-electron chi connectivity index (χ2n) is 4.29. The number of hydrogen-bond donors (Lipinski definition) is 2. The molecule has 0 heterocycles. The van der Waals surface area contributed by atoms with Crippen LogP contribution in [0.1, 0.15) is 13.3 Å². The molecule has 0 saturated carbocycles. The summed E-state index contributed by atoms with van der Waals surface area (Å²) in [5.41, 5.74) is 0.495. The Morgan fingerprint density at radius 2 is 2.10 bits per heavy atom. The SMILES string of the molecule is COCCCNS(=O)(=O)c1ccc(SC)c(NC(C)=O)c1. The average molecular weight is 332 g/mol. The van der Waals surface area contributed by atoms with Crippen LogP contribution in [0.2, 0.25) is 0 Å². The van der Waals surface area contributed by atoms with Crippen molar-refractivity contribution in [3.05, 3.63) is 18.2 Å². The molecule has 0 aliphatic rings. The molecule has 2 N–H and O–H groups in total. The fourth-order valence-corrected chi connectivity index (χ4v) is 3.28. The number of anilines is 1. The molecule has 0 atom stereocenters. The Morgan fingerprint density at radius 3 is 2.67 bits per heavy atom. The zero-order chi connectivity index (χ0) is 15.9. The molecule has 0 fully saturated rings. The normalized spacial score (nSPS) is 11.4. The average Bonchev–Trinajstić information content (AvgIpc) is 2.43. The molecule has 0 spiro atoms. The van der Waals surface area contributed by atoms with Crippen molar-refractivity contribution >= 4 is 33.4 Å². The number of benzene rings is 1. The van der Waals surface area contributed by atoms with Crippen LogP contribution in [-0.4, -0.2) is 40.8 Å². The van der Waals surface area contributed by atoms with Gasteiger partial charge in [-0.25, -0.2) is 13.1 Å². The summed E-state index contributed by atoms with van der Waals surface area (Å²) >= 11 is 1.43. The standard InChI is InChI=1S/C13H20N2O4S2/c1-10(16)15-12-9-11(5-6-13(12)20-3)21(17,18)14-7-4-8-19-2/h5-6,9,14H,4,7-8H2,1-3H3,(H,15,16). The van der Waals surface area contributed by atoms with Crippen molar-refractivity contribution in [1.82, 2.24) is 4.72 Å². The third-order valence-electron chi connectivity index (χ3n) is 2.61. The van der Waals surface area contributed by atoms with E-state index in [1.807, 2.05) is 6.26 Å². The summed E-state index contributed by atoms with van der Waals surface area (Å²) in [6, 6.07) is 4.67. The first-order valence-electron chi connectivity index (χ1n) is 6.35. The van der Waals surface area contributed by atoms with Crippen LogP contribution in [0.3, 0.4) is 0 Å². The quantitative estimate of drug-likeness (QED) is 0.559. The fourth-order valence-electron chi connectivity index (χ4n) is 1.65. The Kier molecular flexibility index (Phi) is 7.16. The van der Waals surface area contributed by atoms with Crippen molar-refractivity contribution in [2.45, 2.75) is 23.1 Å². The minimum atomic E-state index is -3.59. The molecule has 0 aromatic heterocycles. The minimum Gasteiger partial charge on any atom is -0.385 e. The number of carbonyl (C=O) groups is 1. The molecule has 0 bridgehead atoms. The minimum absolute atomic E-state index is 0.126. The maximum atomic E-state index is 12.2. The van der Waals surface area contributed by atoms with Gasteiger partial charge < -0.3 is 10.1 Å². The van der Waals surface area contributed by atoms with Crippen LogP contribution in [0.25, 0.3) is 0 Å². The number of sulfonamides is 1. The predicted octanol–water partition coefficient (Wildman–Crippen LogP) is 1.68. The van der Waals surface area contributed by atoms with Crippen molar-refractivity contribution in [2.24, 2.45) is 0 Å². The topological polar surface area (TPSA) is 84.5 Å². The third-order valence-corrected chi connectivity index (χ3v) is 4.86. The lowest BCUT2D eigenvalue weighted by molar-refractivity contribution is -0.114. The van der Waals surface area contributed by atoms with Gasteiger partial charge in [0.1, 0.15) is 0 Å². The molecular weight excluding hydrogens is 312 g/mol. The summed E-state index contributed by atoms with van der Waals surface area (Å²) in [7, 11) is -2.03. The second kappa shape index (κ2) is 8.38. The summed E-state index contributed by atoms with van der Waals surface area (Å²) in [6.45, 7) is 2.18. The van der Waals surface area contributed by atoms with Gasteiger partial charge in [0.25, 0.3) is 0 Å². The van der Waals surface area contributed by atoms with Gasteiger partial charge in [0, 0.05) is 32.1 Å². The van der Waals surface area contributed by atoms with Crippen molar-refractivity contribution in [3.8, 4) is 0 Å². The molecule has 0 saturated heterocycles. The molecule has 1 amide bonds. The predicted molar refractivity (Wildman–Crippen MR) is 84.2 cm³/mol. The Hall–Kier alpha value is -1.09. The highest BCUT2D eigenvalue weighted by molar-refractivity contribution is 7.98. The van der Waals surface area contributed by atoms with Crippen LogP contribution in [0, 0.1) is 0 Å². The lowest BCUT2D eigenvalue weighted by Gasteiger charge is -2.11. The van der Waals surface area contributed by atoms with E-state index in [1.165, 1.54) is 30.8 Å². The van der Waals surface area contributed by atoms with Gasteiger partial charge in [-0.05, 0) is 30.9 Å². The molecule has 21 heavy (non-hydrogen) atoms. The van der Waals surface area contributed by atoms with Gasteiger partial charge in [0.15, 0.2) is 0 Å². The van der Waals surface area contributed by atoms with Crippen LogP contribution < -0.4 is 10.0 Å². The molecule has 1 rings (SSSR count). The first-order valence-corrected chi connectivity index (χ1v) is 9.05. The lowest BCUT2D eigenvalue weighted by Crippen LogP contribution is -2.25. The Balaban J connectivity index is 2.93. The highest BCUT2D eigenvalue weighted by Gasteiger charge is 2.16. The highest BCUT2D eigenvalue weighted by Crippen LogP contribution is 2.28. The smallest absolute Gasteiger partial charge is 0.240 e. The summed E-state index contributed by atoms with van der Waals surface area (Å²) in [6.07, 6.45) is 2.45. The van der Waals surface area contributed by atoms with E-state index in [2.05, 4.69) is 10.0 Å². The van der Waals surface area contributed by atoms with Gasteiger partial charge >= 0.3 is 0 Å². The van der Waals surface area contributed by atoms with Crippen LogP contribution in [0.5, 0.6) is 0 Å². The molecule has 0 aliphatic carbocycles. The number of amides is 1. The monoisotopic (exact) mass is 332 g/mol. The molecular formula is C13H20N2O4S2. The lowest BCUT2D eigenvalue weighted by atomic mass is 10.3. The van der Waals surface area contributed by atoms with E-state index in [-0.39, 0.29) is 10.8 Å². The first-order chi connectivity index (χ1) is 9.90. The first kappa shape index (κ1) is 18.0. The molecule has 1 aromatic carbocycles. The number of carbonyl (C=O) groups excluding carboxylic acids is 1. The third kappa shape index (κ3) is 5.66. The number of nitrogens with one attached hydrogen (secondary N) is 2. The Bertz CT molecular complexity index is 588. The van der Waals surface area contributed by atoms with E-state index < -0.39 is 10.0 Å². The van der Waals surface area contributed by atoms with Gasteiger partial charge in [-0.1, -0.05) is 0 Å². The summed E-state index contributed by atoms with van der Waals surface area (Å²) in [4.78, 5) is 12.1. The van der Waals surface area contributed by atoms with Crippen molar-refractivity contribution in [3.63, 3.8) is 0 Å². The van der Waals surface area contributed by atoms with E-state index in [0.29, 0.717) is 25.3 Å². The Labute approximate surface area is 129 Å². The number of ether oxygens (including phenoxy) is 1. The van der Waals surface area contributed by atoms with Gasteiger partial charge in [-0.2, -0.15) is 0 Å². The molecule has 0 aliphatic heterocycles. The summed E-state index contributed by atoms with van der Waals surface area (Å²) in [5, 5.41) is 2.64. The highest BCUT2D eigenvalue weighted by atomic mass is 32.2. The molecule has 0 radical (unpaired) electrons. The van der Waals surface area contributed by atoms with Crippen LogP contribution in [-0.2, 0) is 19.6 Å². The van der Waals surface area contributed by atoms with E-state index >= 15 is 0 Å². The van der Waals surface area contributed by atoms with E-state index in [1.54, 1.807) is 13.2 Å². The number of hydrogen-bond acceptors (Lipinski definition) is 5. The summed E-state index contributed by atoms with van der Waals surface area (Å²) < 4.78 is 31.7. The molecule has 8 heteroatoms. The largest absolute Gasteiger partial charge is 0.385 e. The van der Waals surface area contributed by atoms with E-state index in [0.717, 1.165) is 4.90 Å². The maximum absolute atomic E-state index is 12.2. The summed E-state index contributed by atoms with van der Waals surface area (Å²) in [5.74, 6) is -0.243. The van der Waals surface area contributed by atoms with Crippen LogP contribution in [0.15, 0.2) is 28.0 Å². The molecule has 0 unspecified atom stereocenters. The number of rotatable bonds is 8. The van der Waals surface area contributed by atoms with Crippen LogP contribution in [0.4, 0.5) is 5.69 Å². The molecule has 1 aromatic rings. The van der Waals surface area contributed by atoms with Crippen molar-refractivity contribution in [2.75, 3.05) is 31.8 Å².